The molecule has 25 heavy (non-hydrogen) atoms. The summed E-state index contributed by atoms with van der Waals surface area (Å²) in [4.78, 5) is 7.80. The van der Waals surface area contributed by atoms with Gasteiger partial charge in [-0.1, -0.05) is 0 Å². The van der Waals surface area contributed by atoms with Crippen molar-refractivity contribution in [2.45, 2.75) is 51.5 Å². The Morgan fingerprint density at radius 2 is 1.96 bits per heavy atom. The fraction of sp³-hybridized carbons (Fsp3) is 0.533. The highest BCUT2D eigenvalue weighted by Gasteiger charge is 2.37. The van der Waals surface area contributed by atoms with Gasteiger partial charge in [-0.25, -0.2) is 4.98 Å². The predicted octanol–water partition coefficient (Wildman–Crippen LogP) is 2.97. The third kappa shape index (κ3) is 4.01. The maximum Gasteiger partial charge on any atom is 0.421 e. The second-order valence-corrected chi connectivity index (χ2v) is 6.72. The summed E-state index contributed by atoms with van der Waals surface area (Å²) < 4.78 is 40.9. The maximum atomic E-state index is 13.1. The number of rotatable bonds is 5. The molecule has 2 heterocycles. The van der Waals surface area contributed by atoms with Crippen LogP contribution in [0.5, 0.6) is 0 Å². The van der Waals surface area contributed by atoms with Crippen molar-refractivity contribution >= 4 is 17.5 Å². The van der Waals surface area contributed by atoms with E-state index in [-0.39, 0.29) is 17.8 Å². The van der Waals surface area contributed by atoms with Crippen LogP contribution in [0.1, 0.15) is 37.9 Å². The minimum absolute atomic E-state index is 0.0337. The van der Waals surface area contributed by atoms with E-state index in [1.807, 2.05) is 0 Å². The molecule has 1 fully saturated rings. The van der Waals surface area contributed by atoms with Crippen LogP contribution in [-0.2, 0) is 11.8 Å². The van der Waals surface area contributed by atoms with Crippen molar-refractivity contribution < 1.29 is 13.2 Å². The second kappa shape index (κ2) is 5.87. The van der Waals surface area contributed by atoms with Gasteiger partial charge < -0.3 is 16.4 Å². The smallest absolute Gasteiger partial charge is 0.367 e. The Bertz CT molecular complexity index is 772. The standard InChI is InChI=1S/C15H20F3N7/c1-8-11(7-25(24-8)14(2,3)19)22-13-20-6-10(15(16,17)18)12(23-13)21-9-4-5-9/h6-7,9H,4-5,19H2,1-3H3,(H2,20,21,22,23). The van der Waals surface area contributed by atoms with Crippen molar-refractivity contribution in [3.8, 4) is 0 Å². The van der Waals surface area contributed by atoms with E-state index in [4.69, 9.17) is 5.73 Å². The van der Waals surface area contributed by atoms with Gasteiger partial charge in [-0.15, -0.1) is 0 Å². The molecule has 4 N–H and O–H groups in total. The van der Waals surface area contributed by atoms with Crippen LogP contribution in [0, 0.1) is 6.92 Å². The van der Waals surface area contributed by atoms with Gasteiger partial charge in [-0.3, -0.25) is 4.68 Å². The summed E-state index contributed by atoms with van der Waals surface area (Å²) in [5.74, 6) is -0.148. The molecule has 1 aliphatic rings. The van der Waals surface area contributed by atoms with Crippen LogP contribution in [0.2, 0.25) is 0 Å². The van der Waals surface area contributed by atoms with Crippen molar-refractivity contribution in [3.05, 3.63) is 23.7 Å². The molecule has 136 valence electrons. The van der Waals surface area contributed by atoms with Crippen molar-refractivity contribution in [3.63, 3.8) is 0 Å². The van der Waals surface area contributed by atoms with Gasteiger partial charge >= 0.3 is 6.18 Å². The lowest BCUT2D eigenvalue weighted by Crippen LogP contribution is -2.36. The average Bonchev–Trinajstić information content (AvgIpc) is 3.20. The molecule has 0 aromatic carbocycles. The van der Waals surface area contributed by atoms with Crippen molar-refractivity contribution in [1.29, 1.82) is 0 Å². The molecule has 2 aromatic heterocycles. The lowest BCUT2D eigenvalue weighted by atomic mass is 10.3. The number of nitrogens with one attached hydrogen (secondary N) is 2. The monoisotopic (exact) mass is 355 g/mol. The summed E-state index contributed by atoms with van der Waals surface area (Å²) in [5.41, 5.74) is 5.63. The summed E-state index contributed by atoms with van der Waals surface area (Å²) in [6.07, 6.45) is -0.389. The van der Waals surface area contributed by atoms with Crippen molar-refractivity contribution in [1.82, 2.24) is 19.7 Å². The van der Waals surface area contributed by atoms with E-state index < -0.39 is 17.4 Å². The van der Waals surface area contributed by atoms with Crippen molar-refractivity contribution in [2.24, 2.45) is 5.73 Å². The molecule has 0 spiro atoms. The van der Waals surface area contributed by atoms with E-state index in [2.05, 4.69) is 25.7 Å². The van der Waals surface area contributed by atoms with Crippen LogP contribution in [0.4, 0.5) is 30.6 Å². The summed E-state index contributed by atoms with van der Waals surface area (Å²) >= 11 is 0. The van der Waals surface area contributed by atoms with Gasteiger partial charge in [0.05, 0.1) is 17.6 Å². The number of hydrogen-bond acceptors (Lipinski definition) is 6. The fourth-order valence-electron chi connectivity index (χ4n) is 2.18. The van der Waals surface area contributed by atoms with Gasteiger partial charge in [-0.2, -0.15) is 23.3 Å². The SMILES string of the molecule is Cc1nn(C(C)(C)N)cc1Nc1ncc(C(F)(F)F)c(NC2CC2)n1. The van der Waals surface area contributed by atoms with E-state index >= 15 is 0 Å². The van der Waals surface area contributed by atoms with Gasteiger partial charge in [0.15, 0.2) is 0 Å². The van der Waals surface area contributed by atoms with Crippen molar-refractivity contribution in [2.75, 3.05) is 10.6 Å². The zero-order valence-corrected chi connectivity index (χ0v) is 14.1. The Hall–Kier alpha value is -2.36. The molecule has 0 bridgehead atoms. The van der Waals surface area contributed by atoms with Crippen LogP contribution < -0.4 is 16.4 Å². The lowest BCUT2D eigenvalue weighted by Gasteiger charge is -2.18. The molecule has 0 aliphatic heterocycles. The summed E-state index contributed by atoms with van der Waals surface area (Å²) in [6.45, 7) is 5.34. The van der Waals surface area contributed by atoms with Gasteiger partial charge in [-0.05, 0) is 33.6 Å². The van der Waals surface area contributed by atoms with Crippen LogP contribution in [-0.4, -0.2) is 25.8 Å². The number of nitrogens with zero attached hydrogens (tertiary/aromatic N) is 4. The number of nitrogens with two attached hydrogens (primary N) is 1. The lowest BCUT2D eigenvalue weighted by molar-refractivity contribution is -0.137. The molecule has 7 nitrogen and oxygen atoms in total. The van der Waals surface area contributed by atoms with Crippen LogP contribution >= 0.6 is 0 Å². The first-order chi connectivity index (χ1) is 11.5. The number of hydrogen-bond donors (Lipinski definition) is 3. The number of anilines is 3. The number of aromatic nitrogens is 4. The average molecular weight is 355 g/mol. The Balaban J connectivity index is 1.89. The molecule has 3 rings (SSSR count). The summed E-state index contributed by atoms with van der Waals surface area (Å²) in [7, 11) is 0. The predicted molar refractivity (Wildman–Crippen MR) is 87.4 cm³/mol. The first-order valence-corrected chi connectivity index (χ1v) is 7.87. The topological polar surface area (TPSA) is 93.7 Å². The highest BCUT2D eigenvalue weighted by molar-refractivity contribution is 5.58. The molecule has 0 unspecified atom stereocenters. The van der Waals surface area contributed by atoms with Gasteiger partial charge in [0.1, 0.15) is 17.0 Å². The molecule has 2 aromatic rings. The van der Waals surface area contributed by atoms with Crippen LogP contribution in [0.15, 0.2) is 12.4 Å². The quantitative estimate of drug-likeness (QED) is 0.763. The van der Waals surface area contributed by atoms with Crippen LogP contribution in [0.3, 0.4) is 0 Å². The molecular formula is C15H20F3N7. The highest BCUT2D eigenvalue weighted by atomic mass is 19.4. The summed E-state index contributed by atoms with van der Waals surface area (Å²) in [5, 5.41) is 10.0. The third-order valence-electron chi connectivity index (χ3n) is 3.75. The summed E-state index contributed by atoms with van der Waals surface area (Å²) in [6, 6.07) is 0.0337. The van der Waals surface area contributed by atoms with E-state index in [1.165, 1.54) is 0 Å². The zero-order chi connectivity index (χ0) is 18.4. The Kier molecular flexibility index (Phi) is 4.10. The van der Waals surface area contributed by atoms with E-state index in [9.17, 15) is 13.2 Å². The fourth-order valence-corrected chi connectivity index (χ4v) is 2.18. The van der Waals surface area contributed by atoms with E-state index in [1.54, 1.807) is 31.6 Å². The molecular weight excluding hydrogens is 335 g/mol. The van der Waals surface area contributed by atoms with E-state index in [0.29, 0.717) is 11.4 Å². The molecule has 0 amide bonds. The highest BCUT2D eigenvalue weighted by Crippen LogP contribution is 2.36. The molecule has 0 atom stereocenters. The van der Waals surface area contributed by atoms with E-state index in [0.717, 1.165) is 19.0 Å². The Morgan fingerprint density at radius 1 is 1.28 bits per heavy atom. The molecule has 10 heteroatoms. The number of aryl methyl sites for hydroxylation is 1. The minimum Gasteiger partial charge on any atom is -0.367 e. The Labute approximate surface area is 142 Å². The third-order valence-corrected chi connectivity index (χ3v) is 3.75. The minimum atomic E-state index is -4.51. The second-order valence-electron chi connectivity index (χ2n) is 6.72. The normalized spacial score (nSPS) is 15.3. The first kappa shape index (κ1) is 17.5. The molecule has 1 aliphatic carbocycles. The van der Waals surface area contributed by atoms with Gasteiger partial charge in [0.25, 0.3) is 0 Å². The molecule has 1 saturated carbocycles. The Morgan fingerprint density at radius 3 is 2.48 bits per heavy atom. The first-order valence-electron chi connectivity index (χ1n) is 7.87. The van der Waals surface area contributed by atoms with Gasteiger partial charge in [0.2, 0.25) is 5.95 Å². The number of alkyl halides is 3. The number of halogens is 3. The largest absolute Gasteiger partial charge is 0.421 e. The zero-order valence-electron chi connectivity index (χ0n) is 14.1. The maximum absolute atomic E-state index is 13.1. The van der Waals surface area contributed by atoms with Gasteiger partial charge in [0, 0.05) is 12.2 Å². The molecule has 0 saturated heterocycles. The van der Waals surface area contributed by atoms with Crippen LogP contribution in [0.25, 0.3) is 0 Å². The molecule has 0 radical (unpaired) electrons.